The summed E-state index contributed by atoms with van der Waals surface area (Å²) in [5.41, 5.74) is 0. The summed E-state index contributed by atoms with van der Waals surface area (Å²) in [4.78, 5) is 0. The molecule has 0 N–H and O–H groups in total. The molecule has 0 aromatic rings. The average molecular weight is 458 g/mol. The van der Waals surface area contributed by atoms with Crippen molar-refractivity contribution in [1.29, 1.82) is 0 Å². The van der Waals surface area contributed by atoms with Gasteiger partial charge in [-0.25, -0.2) is 0 Å². The Bertz CT molecular complexity index is 236. The monoisotopic (exact) mass is 458 g/mol. The normalized spacial score (nSPS) is 13.3. The molecule has 23 heavy (non-hydrogen) atoms. The Kier molecular flexibility index (Phi) is 14.4. The van der Waals surface area contributed by atoms with Crippen molar-refractivity contribution in [2.75, 3.05) is 0 Å². The molecule has 0 bridgehead atoms. The van der Waals surface area contributed by atoms with Crippen molar-refractivity contribution in [2.45, 2.75) is 116 Å². The van der Waals surface area contributed by atoms with E-state index in [4.69, 9.17) is 20.0 Å². The fourth-order valence-electron chi connectivity index (χ4n) is 2.25. The maximum absolute atomic E-state index is 4.89. The molecule has 0 spiro atoms. The minimum atomic E-state index is -0.556. The number of hydrogen-bond donors (Lipinski definition) is 0. The summed E-state index contributed by atoms with van der Waals surface area (Å²) in [6, 6.07) is 0. The molecule has 0 heterocycles. The number of hydrogen-bond acceptors (Lipinski definition) is 0. The Labute approximate surface area is 166 Å². The zero-order valence-corrected chi connectivity index (χ0v) is 23.9. The van der Waals surface area contributed by atoms with Gasteiger partial charge in [0.1, 0.15) is 0 Å². The van der Waals surface area contributed by atoms with Crippen molar-refractivity contribution < 1.29 is 0 Å². The summed E-state index contributed by atoms with van der Waals surface area (Å²) < 4.78 is 0. The first kappa shape index (κ1) is 29.3. The van der Waals surface area contributed by atoms with Gasteiger partial charge in [0.05, 0.1) is 17.6 Å². The molecular formula is C18H42Cl2GeSi2. The van der Waals surface area contributed by atoms with Crippen LogP contribution in [0.25, 0.3) is 0 Å². The molecule has 0 saturated carbocycles. The van der Waals surface area contributed by atoms with Crippen molar-refractivity contribution >= 4 is 51.2 Å². The van der Waals surface area contributed by atoms with Crippen molar-refractivity contribution in [3.05, 3.63) is 0 Å². The Morgan fingerprint density at radius 3 is 0.565 bits per heavy atom. The van der Waals surface area contributed by atoms with E-state index in [1.807, 2.05) is 0 Å². The molecular weight excluding hydrogens is 416 g/mol. The van der Waals surface area contributed by atoms with E-state index in [0.29, 0.717) is 20.2 Å². The third-order valence-corrected chi connectivity index (χ3v) is 13.5. The van der Waals surface area contributed by atoms with E-state index in [1.54, 1.807) is 0 Å². The van der Waals surface area contributed by atoms with Crippen LogP contribution >= 0.6 is 20.0 Å². The molecule has 0 aliphatic heterocycles. The van der Waals surface area contributed by atoms with E-state index in [0.717, 1.165) is 0 Å². The molecule has 0 nitrogen and oxygen atoms in total. The van der Waals surface area contributed by atoms with Crippen LogP contribution in [-0.2, 0) is 0 Å². The molecule has 140 valence electrons. The molecule has 0 saturated heterocycles. The van der Waals surface area contributed by atoms with Crippen LogP contribution in [0.2, 0.25) is 33.2 Å². The number of halogens is 2. The van der Waals surface area contributed by atoms with E-state index in [-0.39, 0.29) is 17.6 Å². The molecule has 0 aliphatic carbocycles. The minimum absolute atomic E-state index is 0.221. The van der Waals surface area contributed by atoms with Gasteiger partial charge in [-0.15, -0.1) is 0 Å². The molecule has 4 radical (unpaired) electrons. The first-order valence-electron chi connectivity index (χ1n) is 8.38. The zero-order valence-electron chi connectivity index (χ0n) is 18.3. The molecule has 0 aromatic heterocycles. The van der Waals surface area contributed by atoms with E-state index in [9.17, 15) is 0 Å². The summed E-state index contributed by atoms with van der Waals surface area (Å²) in [7, 11) is 9.34. The van der Waals surface area contributed by atoms with Crippen LogP contribution in [0, 0.1) is 0 Å². The van der Waals surface area contributed by atoms with Gasteiger partial charge in [-0.1, -0.05) is 96.2 Å². The van der Waals surface area contributed by atoms with Crippen LogP contribution < -0.4 is 0 Å². The van der Waals surface area contributed by atoms with Gasteiger partial charge in [-0.2, -0.15) is 0 Å². The predicted molar refractivity (Wildman–Crippen MR) is 120 cm³/mol. The summed E-state index contributed by atoms with van der Waals surface area (Å²) >= 11 is -0.556. The molecule has 0 amide bonds. The van der Waals surface area contributed by atoms with Gasteiger partial charge in [-0.3, -0.25) is 0 Å². The van der Waals surface area contributed by atoms with Crippen molar-refractivity contribution in [3.8, 4) is 0 Å². The summed E-state index contributed by atoms with van der Waals surface area (Å²) in [5.74, 6) is 0. The van der Waals surface area contributed by atoms with Crippen LogP contribution in [0.1, 0.15) is 83.1 Å². The van der Waals surface area contributed by atoms with Gasteiger partial charge >= 0.3 is 33.6 Å². The SMILES string of the molecule is C[Si](C(C)(C)C)C(C)(C)C.C[Si](C(C)(C)C)C(C)(C)C.[Cl][Ge][Cl]. The maximum atomic E-state index is 4.89. The second-order valence-corrected chi connectivity index (χ2v) is 22.1. The Balaban J connectivity index is -0.000000297. The molecule has 0 unspecified atom stereocenters. The van der Waals surface area contributed by atoms with Gasteiger partial charge in [0.25, 0.3) is 0 Å². The average Bonchev–Trinajstić information content (AvgIpc) is 2.24. The first-order chi connectivity index (χ1) is 9.72. The Morgan fingerprint density at radius 2 is 0.565 bits per heavy atom. The summed E-state index contributed by atoms with van der Waals surface area (Å²) in [5, 5.41) is 2.18. The second kappa shape index (κ2) is 11.3. The fourth-order valence-corrected chi connectivity index (χ4v) is 6.75. The Morgan fingerprint density at radius 1 is 0.478 bits per heavy atom. The molecule has 0 fully saturated rings. The topological polar surface area (TPSA) is 0 Å². The van der Waals surface area contributed by atoms with Gasteiger partial charge < -0.3 is 0 Å². The third kappa shape index (κ3) is 16.8. The van der Waals surface area contributed by atoms with Crippen LogP contribution in [0.5, 0.6) is 0 Å². The Hall–Kier alpha value is 1.56. The van der Waals surface area contributed by atoms with Crippen LogP contribution in [0.15, 0.2) is 0 Å². The summed E-state index contributed by atoms with van der Waals surface area (Å²) in [6.07, 6.45) is 0. The van der Waals surface area contributed by atoms with Gasteiger partial charge in [-0.05, 0) is 20.2 Å². The van der Waals surface area contributed by atoms with Crippen LogP contribution in [0.3, 0.4) is 0 Å². The number of rotatable bonds is 0. The zero-order chi connectivity index (χ0) is 19.9. The molecule has 5 heteroatoms. The van der Waals surface area contributed by atoms with Crippen molar-refractivity contribution in [3.63, 3.8) is 0 Å². The standard InChI is InChI=1S/2C9H21Si.Cl2Ge/c2*1-8(2,3)10(7)9(4,5)6;1-3-2/h2*1-7H3;. The molecule has 0 atom stereocenters. The second-order valence-electron chi connectivity index (χ2n) is 10.3. The van der Waals surface area contributed by atoms with Gasteiger partial charge in [0.15, 0.2) is 0 Å². The molecule has 0 rings (SSSR count). The van der Waals surface area contributed by atoms with Gasteiger partial charge in [0, 0.05) is 0 Å². The first-order valence-corrected chi connectivity index (χ1v) is 17.9. The van der Waals surface area contributed by atoms with E-state index < -0.39 is 13.6 Å². The third-order valence-electron chi connectivity index (χ3n) is 4.50. The summed E-state index contributed by atoms with van der Waals surface area (Å²) in [6.45, 7) is 33.1. The van der Waals surface area contributed by atoms with Gasteiger partial charge in [0.2, 0.25) is 0 Å². The fraction of sp³-hybridized carbons (Fsp3) is 1.00. The van der Waals surface area contributed by atoms with Crippen LogP contribution in [-0.4, -0.2) is 31.2 Å². The predicted octanol–water partition coefficient (Wildman–Crippen LogP) is 8.42. The van der Waals surface area contributed by atoms with Crippen molar-refractivity contribution in [1.82, 2.24) is 0 Å². The quantitative estimate of drug-likeness (QED) is 0.320. The molecule has 0 aliphatic rings. The van der Waals surface area contributed by atoms with E-state index in [1.165, 1.54) is 0 Å². The van der Waals surface area contributed by atoms with Crippen molar-refractivity contribution in [2.24, 2.45) is 0 Å². The molecule has 0 aromatic carbocycles. The van der Waals surface area contributed by atoms with Crippen LogP contribution in [0.4, 0.5) is 0 Å². The van der Waals surface area contributed by atoms with E-state index in [2.05, 4.69) is 96.2 Å². The van der Waals surface area contributed by atoms with E-state index >= 15 is 0 Å².